The molecule has 21 heavy (non-hydrogen) atoms. The first-order chi connectivity index (χ1) is 9.66. The number of carbonyl (C=O) groups excluding carboxylic acids is 1. The molecule has 0 aliphatic heterocycles. The molecule has 1 rings (SSSR count). The van der Waals surface area contributed by atoms with E-state index < -0.39 is 10.0 Å². The third kappa shape index (κ3) is 4.52. The van der Waals surface area contributed by atoms with Crippen molar-refractivity contribution in [3.63, 3.8) is 0 Å². The van der Waals surface area contributed by atoms with Crippen LogP contribution in [0.4, 0.5) is 0 Å². The Labute approximate surface area is 126 Å². The summed E-state index contributed by atoms with van der Waals surface area (Å²) in [5.41, 5.74) is 1.13. The van der Waals surface area contributed by atoms with Gasteiger partial charge in [-0.1, -0.05) is 6.07 Å². The van der Waals surface area contributed by atoms with Crippen LogP contribution < -0.4 is 5.32 Å². The Morgan fingerprint density at radius 2 is 1.81 bits per heavy atom. The average Bonchev–Trinajstić information content (AvgIpc) is 2.38. The molecule has 0 heterocycles. The van der Waals surface area contributed by atoms with E-state index in [4.69, 9.17) is 0 Å². The third-order valence-electron chi connectivity index (χ3n) is 3.08. The summed E-state index contributed by atoms with van der Waals surface area (Å²) in [5, 5.41) is 2.79. The molecule has 118 valence electrons. The fourth-order valence-corrected chi connectivity index (χ4v) is 2.63. The van der Waals surface area contributed by atoms with Crippen molar-refractivity contribution in [1.82, 2.24) is 14.5 Å². The lowest BCUT2D eigenvalue weighted by molar-refractivity contribution is 0.0950. The van der Waals surface area contributed by atoms with E-state index in [9.17, 15) is 13.2 Å². The van der Waals surface area contributed by atoms with Crippen LogP contribution in [0.25, 0.3) is 0 Å². The Kier molecular flexibility index (Phi) is 5.88. The Morgan fingerprint density at radius 1 is 1.19 bits per heavy atom. The maximum absolute atomic E-state index is 12.2. The maximum atomic E-state index is 12.2. The first-order valence-electron chi connectivity index (χ1n) is 6.62. The number of carbonyl (C=O) groups is 1. The number of hydrogen-bond donors (Lipinski definition) is 1. The molecule has 7 heteroatoms. The quantitative estimate of drug-likeness (QED) is 0.832. The molecular weight excluding hydrogens is 290 g/mol. The van der Waals surface area contributed by atoms with Crippen LogP contribution in [0.1, 0.15) is 15.9 Å². The highest BCUT2D eigenvalue weighted by molar-refractivity contribution is 7.89. The molecule has 0 aliphatic rings. The molecule has 0 saturated heterocycles. The van der Waals surface area contributed by atoms with Crippen LogP contribution >= 0.6 is 0 Å². The van der Waals surface area contributed by atoms with Crippen LogP contribution in [0.5, 0.6) is 0 Å². The molecule has 1 N–H and O–H groups in total. The summed E-state index contributed by atoms with van der Waals surface area (Å²) in [7, 11) is 3.23. The number of nitrogens with one attached hydrogen (secondary N) is 1. The van der Waals surface area contributed by atoms with Crippen LogP contribution in [0.2, 0.25) is 0 Å². The topological polar surface area (TPSA) is 69.7 Å². The van der Waals surface area contributed by atoms with Crippen molar-refractivity contribution in [2.24, 2.45) is 0 Å². The summed E-state index contributed by atoms with van der Waals surface area (Å²) >= 11 is 0. The molecular formula is C14H23N3O3S. The zero-order valence-corrected chi connectivity index (χ0v) is 14.0. The van der Waals surface area contributed by atoms with Gasteiger partial charge in [-0.15, -0.1) is 0 Å². The minimum absolute atomic E-state index is 0.121. The highest BCUT2D eigenvalue weighted by atomic mass is 32.2. The normalized spacial score (nSPS) is 12.0. The average molecular weight is 313 g/mol. The van der Waals surface area contributed by atoms with Gasteiger partial charge in [0.25, 0.3) is 5.91 Å². The predicted octanol–water partition coefficient (Wildman–Crippen LogP) is 0.537. The summed E-state index contributed by atoms with van der Waals surface area (Å²) in [5.74, 6) is -0.259. The fourth-order valence-electron chi connectivity index (χ4n) is 1.71. The van der Waals surface area contributed by atoms with E-state index in [0.29, 0.717) is 12.1 Å². The minimum atomic E-state index is -3.54. The van der Waals surface area contributed by atoms with E-state index >= 15 is 0 Å². The maximum Gasteiger partial charge on any atom is 0.251 e. The molecule has 0 spiro atoms. The summed E-state index contributed by atoms with van der Waals surface area (Å²) in [6.45, 7) is 3.02. The number of sulfonamides is 1. The molecule has 0 atom stereocenters. The van der Waals surface area contributed by atoms with Gasteiger partial charge in [0.1, 0.15) is 0 Å². The minimum Gasteiger partial charge on any atom is -0.351 e. The van der Waals surface area contributed by atoms with E-state index in [1.165, 1.54) is 26.2 Å². The first-order valence-corrected chi connectivity index (χ1v) is 8.06. The van der Waals surface area contributed by atoms with Crippen LogP contribution in [-0.2, 0) is 10.0 Å². The van der Waals surface area contributed by atoms with Gasteiger partial charge >= 0.3 is 0 Å². The van der Waals surface area contributed by atoms with E-state index in [2.05, 4.69) is 5.32 Å². The van der Waals surface area contributed by atoms with E-state index in [1.54, 1.807) is 13.0 Å². The summed E-state index contributed by atoms with van der Waals surface area (Å²) in [4.78, 5) is 14.2. The summed E-state index contributed by atoms with van der Waals surface area (Å²) in [6.07, 6.45) is 0. The second-order valence-corrected chi connectivity index (χ2v) is 7.48. The van der Waals surface area contributed by atoms with Gasteiger partial charge in [0.15, 0.2) is 0 Å². The van der Waals surface area contributed by atoms with Gasteiger partial charge in [-0.3, -0.25) is 4.79 Å². The smallest absolute Gasteiger partial charge is 0.251 e. The van der Waals surface area contributed by atoms with Gasteiger partial charge in [0.05, 0.1) is 4.90 Å². The SMILES string of the molecule is Cc1ccc(S(=O)(=O)N(C)C)cc1C(=O)NCCN(C)C. The molecule has 0 aliphatic carbocycles. The van der Waals surface area contributed by atoms with Crippen LogP contribution in [-0.4, -0.2) is 64.8 Å². The largest absolute Gasteiger partial charge is 0.351 e. The number of amides is 1. The fraction of sp³-hybridized carbons (Fsp3) is 0.500. The zero-order chi connectivity index (χ0) is 16.2. The van der Waals surface area contributed by atoms with Crippen molar-refractivity contribution in [2.75, 3.05) is 41.3 Å². The van der Waals surface area contributed by atoms with Crippen molar-refractivity contribution in [3.05, 3.63) is 29.3 Å². The number of aryl methyl sites for hydroxylation is 1. The van der Waals surface area contributed by atoms with Crippen molar-refractivity contribution < 1.29 is 13.2 Å². The molecule has 1 aromatic rings. The standard InChI is InChI=1S/C14H23N3O3S/c1-11-6-7-12(21(19,20)17(4)5)10-13(11)14(18)15-8-9-16(2)3/h6-7,10H,8-9H2,1-5H3,(H,15,18). The monoisotopic (exact) mass is 313 g/mol. The number of hydrogen-bond acceptors (Lipinski definition) is 4. The lowest BCUT2D eigenvalue weighted by atomic mass is 10.1. The number of rotatable bonds is 6. The predicted molar refractivity (Wildman–Crippen MR) is 82.9 cm³/mol. The third-order valence-corrected chi connectivity index (χ3v) is 4.89. The van der Waals surface area contributed by atoms with Gasteiger partial charge in [-0.25, -0.2) is 12.7 Å². The molecule has 1 amide bonds. The highest BCUT2D eigenvalue weighted by Gasteiger charge is 2.20. The second kappa shape index (κ2) is 7.02. The molecule has 0 bridgehead atoms. The molecule has 6 nitrogen and oxygen atoms in total. The lowest BCUT2D eigenvalue weighted by Gasteiger charge is -2.14. The zero-order valence-electron chi connectivity index (χ0n) is 13.2. The van der Waals surface area contributed by atoms with Gasteiger partial charge in [0, 0.05) is 32.7 Å². The number of likely N-dealkylation sites (N-methyl/N-ethyl adjacent to an activating group) is 1. The van der Waals surface area contributed by atoms with Crippen LogP contribution in [0.15, 0.2) is 23.1 Å². The van der Waals surface area contributed by atoms with Crippen molar-refractivity contribution >= 4 is 15.9 Å². The molecule has 0 aromatic heterocycles. The molecule has 0 fully saturated rings. The Hall–Kier alpha value is -1.44. The Morgan fingerprint density at radius 3 is 2.33 bits per heavy atom. The van der Waals surface area contributed by atoms with Crippen LogP contribution in [0.3, 0.4) is 0 Å². The van der Waals surface area contributed by atoms with Crippen LogP contribution in [0, 0.1) is 6.92 Å². The highest BCUT2D eigenvalue weighted by Crippen LogP contribution is 2.18. The van der Waals surface area contributed by atoms with Crippen molar-refractivity contribution in [1.29, 1.82) is 0 Å². The Balaban J connectivity index is 3.00. The van der Waals surface area contributed by atoms with Crippen molar-refractivity contribution in [2.45, 2.75) is 11.8 Å². The molecule has 0 saturated carbocycles. The number of benzene rings is 1. The molecule has 0 unspecified atom stereocenters. The molecule has 1 aromatic carbocycles. The van der Waals surface area contributed by atoms with Crippen molar-refractivity contribution in [3.8, 4) is 0 Å². The summed E-state index contributed by atoms with van der Waals surface area (Å²) < 4.78 is 25.3. The van der Waals surface area contributed by atoms with Gasteiger partial charge in [-0.2, -0.15) is 0 Å². The molecule has 0 radical (unpaired) electrons. The van der Waals surface area contributed by atoms with E-state index in [-0.39, 0.29) is 10.8 Å². The lowest BCUT2D eigenvalue weighted by Crippen LogP contribution is -2.32. The second-order valence-electron chi connectivity index (χ2n) is 5.32. The van der Waals surface area contributed by atoms with Gasteiger partial charge in [-0.05, 0) is 38.7 Å². The number of nitrogens with zero attached hydrogens (tertiary/aromatic N) is 2. The van der Waals surface area contributed by atoms with E-state index in [1.807, 2.05) is 19.0 Å². The van der Waals surface area contributed by atoms with E-state index in [0.717, 1.165) is 16.4 Å². The van der Waals surface area contributed by atoms with Gasteiger partial charge in [0.2, 0.25) is 10.0 Å². The van der Waals surface area contributed by atoms with Gasteiger partial charge < -0.3 is 10.2 Å². The first kappa shape index (κ1) is 17.6. The summed E-state index contributed by atoms with van der Waals surface area (Å²) in [6, 6.07) is 4.59. The Bertz CT molecular complexity index is 610.